The van der Waals surface area contributed by atoms with E-state index in [4.69, 9.17) is 4.74 Å². The van der Waals surface area contributed by atoms with Crippen LogP contribution in [0.25, 0.3) is 10.2 Å². The molecule has 2 aromatic heterocycles. The molecule has 30 heavy (non-hydrogen) atoms. The molecule has 0 spiro atoms. The molecule has 1 aliphatic rings. The number of ether oxygens (including phenoxy) is 1. The van der Waals surface area contributed by atoms with Crippen molar-refractivity contribution in [3.05, 3.63) is 67.2 Å². The number of benzene rings is 1. The summed E-state index contributed by atoms with van der Waals surface area (Å²) in [5, 5.41) is 3.34. The van der Waals surface area contributed by atoms with E-state index in [0.29, 0.717) is 36.2 Å². The fraction of sp³-hybridized carbons (Fsp3) is 0.409. The number of hydrogen-bond acceptors (Lipinski definition) is 5. The van der Waals surface area contributed by atoms with Gasteiger partial charge in [0, 0.05) is 24.9 Å². The summed E-state index contributed by atoms with van der Waals surface area (Å²) in [4.78, 5) is 40.1. The van der Waals surface area contributed by atoms with Crippen LogP contribution in [-0.4, -0.2) is 27.2 Å². The maximum absolute atomic E-state index is 13.2. The van der Waals surface area contributed by atoms with Gasteiger partial charge in [0.2, 0.25) is 5.91 Å². The van der Waals surface area contributed by atoms with E-state index in [1.807, 2.05) is 44.2 Å². The lowest BCUT2D eigenvalue weighted by molar-refractivity contribution is -0.121. The molecule has 0 aliphatic carbocycles. The molecule has 0 unspecified atom stereocenters. The molecule has 1 aromatic carbocycles. The number of carbonyl (C=O) groups is 1. The summed E-state index contributed by atoms with van der Waals surface area (Å²) in [5.74, 6) is -0.350. The van der Waals surface area contributed by atoms with E-state index in [9.17, 15) is 14.4 Å². The normalized spacial score (nSPS) is 15.2. The number of fused-ring (bicyclic) bond motifs is 3. The molecular formula is C22H25N3O4S. The minimum Gasteiger partial charge on any atom is -0.370 e. The van der Waals surface area contributed by atoms with Crippen LogP contribution >= 0.6 is 11.3 Å². The quantitative estimate of drug-likeness (QED) is 0.675. The van der Waals surface area contributed by atoms with Gasteiger partial charge >= 0.3 is 5.69 Å². The van der Waals surface area contributed by atoms with Crippen molar-refractivity contribution in [2.45, 2.75) is 45.4 Å². The van der Waals surface area contributed by atoms with Crippen molar-refractivity contribution in [2.24, 2.45) is 7.05 Å². The molecule has 0 bridgehead atoms. The Morgan fingerprint density at radius 1 is 1.23 bits per heavy atom. The van der Waals surface area contributed by atoms with Crippen LogP contribution in [0.3, 0.4) is 0 Å². The summed E-state index contributed by atoms with van der Waals surface area (Å²) in [6.07, 6.45) is 1.28. The van der Waals surface area contributed by atoms with Crippen molar-refractivity contribution in [2.75, 3.05) is 6.54 Å². The fourth-order valence-corrected chi connectivity index (χ4v) is 4.99. The lowest BCUT2D eigenvalue weighted by atomic mass is 9.94. The number of hydrogen-bond donors (Lipinski definition) is 1. The monoisotopic (exact) mass is 427 g/mol. The van der Waals surface area contributed by atoms with Gasteiger partial charge in [0.1, 0.15) is 11.4 Å². The second kappa shape index (κ2) is 7.85. The van der Waals surface area contributed by atoms with Crippen molar-refractivity contribution < 1.29 is 9.53 Å². The molecular weight excluding hydrogens is 402 g/mol. The first-order valence-electron chi connectivity index (χ1n) is 9.95. The zero-order valence-electron chi connectivity index (χ0n) is 17.4. The summed E-state index contributed by atoms with van der Waals surface area (Å²) in [6, 6.07) is 9.82. The number of nitrogens with one attached hydrogen (secondary N) is 1. The zero-order chi connectivity index (χ0) is 21.5. The first kappa shape index (κ1) is 20.6. The van der Waals surface area contributed by atoms with Gasteiger partial charge in [-0.3, -0.25) is 18.7 Å². The molecule has 0 radical (unpaired) electrons. The number of nitrogens with zero attached hydrogens (tertiary/aromatic N) is 2. The number of rotatable bonds is 5. The number of aryl methyl sites for hydroxylation is 1. The fourth-order valence-electron chi connectivity index (χ4n) is 3.82. The second-order valence-corrected chi connectivity index (χ2v) is 9.31. The van der Waals surface area contributed by atoms with Gasteiger partial charge in [-0.15, -0.1) is 11.3 Å². The molecule has 1 N–H and O–H groups in total. The number of thiophene rings is 1. The Kier molecular flexibility index (Phi) is 5.38. The van der Waals surface area contributed by atoms with E-state index in [1.165, 1.54) is 15.9 Å². The van der Waals surface area contributed by atoms with Crippen LogP contribution in [0.5, 0.6) is 0 Å². The topological polar surface area (TPSA) is 82.3 Å². The summed E-state index contributed by atoms with van der Waals surface area (Å²) < 4.78 is 8.36. The van der Waals surface area contributed by atoms with Crippen LogP contribution in [0.15, 0.2) is 39.9 Å². The van der Waals surface area contributed by atoms with Crippen LogP contribution in [0.4, 0.5) is 0 Å². The molecule has 0 saturated heterocycles. The SMILES string of the molecule is Cn1c(=O)n(CC(=O)NCCc2ccccc2)c(=O)c2c3c(sc21)COC(C)(C)C3. The minimum absolute atomic E-state index is 0.291. The van der Waals surface area contributed by atoms with Gasteiger partial charge in [0.05, 0.1) is 17.6 Å². The first-order valence-corrected chi connectivity index (χ1v) is 10.8. The smallest absolute Gasteiger partial charge is 0.332 e. The van der Waals surface area contributed by atoms with Crippen LogP contribution in [-0.2, 0) is 42.6 Å². The third-order valence-electron chi connectivity index (χ3n) is 5.43. The third kappa shape index (κ3) is 3.85. The van der Waals surface area contributed by atoms with E-state index < -0.39 is 11.2 Å². The van der Waals surface area contributed by atoms with E-state index >= 15 is 0 Å². The molecule has 0 fully saturated rings. The van der Waals surface area contributed by atoms with Crippen molar-refractivity contribution in [1.82, 2.24) is 14.5 Å². The standard InChI is InChI=1S/C22H25N3O4S/c1-22(2)11-15-16(13-29-22)30-20-18(15)19(27)25(21(28)24(20)3)12-17(26)23-10-9-14-7-5-4-6-8-14/h4-8H,9-13H2,1-3H3,(H,23,26). The highest BCUT2D eigenvalue weighted by Gasteiger charge is 2.31. The predicted octanol–water partition coefficient (Wildman–Crippen LogP) is 1.97. The first-order chi connectivity index (χ1) is 14.3. The second-order valence-electron chi connectivity index (χ2n) is 8.23. The molecule has 8 heteroatoms. The zero-order valence-corrected chi connectivity index (χ0v) is 18.2. The Balaban J connectivity index is 1.60. The van der Waals surface area contributed by atoms with Gasteiger partial charge in [0.15, 0.2) is 0 Å². The molecule has 1 amide bonds. The molecule has 0 atom stereocenters. The van der Waals surface area contributed by atoms with E-state index in [2.05, 4.69) is 5.32 Å². The summed E-state index contributed by atoms with van der Waals surface area (Å²) in [5.41, 5.74) is 0.792. The van der Waals surface area contributed by atoms with Gasteiger partial charge in [-0.2, -0.15) is 0 Å². The lowest BCUT2D eigenvalue weighted by Crippen LogP contribution is -2.43. The van der Waals surface area contributed by atoms with Crippen molar-refractivity contribution in [3.8, 4) is 0 Å². The van der Waals surface area contributed by atoms with E-state index in [0.717, 1.165) is 20.6 Å². The van der Waals surface area contributed by atoms with E-state index in [1.54, 1.807) is 7.05 Å². The predicted molar refractivity (Wildman–Crippen MR) is 117 cm³/mol. The molecule has 1 aliphatic heterocycles. The van der Waals surface area contributed by atoms with Crippen molar-refractivity contribution >= 4 is 27.5 Å². The number of amides is 1. The Morgan fingerprint density at radius 3 is 2.70 bits per heavy atom. The third-order valence-corrected chi connectivity index (χ3v) is 6.71. The number of aromatic nitrogens is 2. The van der Waals surface area contributed by atoms with Gasteiger partial charge < -0.3 is 10.1 Å². The molecule has 158 valence electrons. The lowest BCUT2D eigenvalue weighted by Gasteiger charge is -2.29. The average Bonchev–Trinajstić information content (AvgIpc) is 3.08. The summed E-state index contributed by atoms with van der Waals surface area (Å²) >= 11 is 1.42. The van der Waals surface area contributed by atoms with Gasteiger partial charge in [0.25, 0.3) is 5.56 Å². The summed E-state index contributed by atoms with van der Waals surface area (Å²) in [7, 11) is 1.64. The Hall–Kier alpha value is -2.71. The van der Waals surface area contributed by atoms with Crippen LogP contribution < -0.4 is 16.6 Å². The van der Waals surface area contributed by atoms with Crippen LogP contribution in [0, 0.1) is 0 Å². The van der Waals surface area contributed by atoms with E-state index in [-0.39, 0.29) is 18.1 Å². The van der Waals surface area contributed by atoms with Crippen LogP contribution in [0.2, 0.25) is 0 Å². The number of carbonyl (C=O) groups excluding carboxylic acids is 1. The van der Waals surface area contributed by atoms with Gasteiger partial charge in [-0.1, -0.05) is 30.3 Å². The maximum atomic E-state index is 13.2. The van der Waals surface area contributed by atoms with Crippen molar-refractivity contribution in [3.63, 3.8) is 0 Å². The largest absolute Gasteiger partial charge is 0.370 e. The maximum Gasteiger partial charge on any atom is 0.332 e. The highest BCUT2D eigenvalue weighted by Crippen LogP contribution is 2.36. The Bertz CT molecular complexity index is 1220. The van der Waals surface area contributed by atoms with Crippen molar-refractivity contribution in [1.29, 1.82) is 0 Å². The molecule has 7 nitrogen and oxygen atoms in total. The van der Waals surface area contributed by atoms with Gasteiger partial charge in [-0.05, 0) is 31.4 Å². The average molecular weight is 428 g/mol. The van der Waals surface area contributed by atoms with Gasteiger partial charge in [-0.25, -0.2) is 4.79 Å². The highest BCUT2D eigenvalue weighted by molar-refractivity contribution is 7.18. The molecule has 0 saturated carbocycles. The molecule has 4 rings (SSSR count). The minimum atomic E-state index is -0.482. The van der Waals surface area contributed by atoms with Crippen LogP contribution in [0.1, 0.15) is 29.9 Å². The summed E-state index contributed by atoms with van der Waals surface area (Å²) in [6.45, 7) is 4.55. The Labute approximate surface area is 177 Å². The molecule has 3 aromatic rings. The Morgan fingerprint density at radius 2 is 1.97 bits per heavy atom. The highest BCUT2D eigenvalue weighted by atomic mass is 32.1. The molecule has 3 heterocycles.